The summed E-state index contributed by atoms with van der Waals surface area (Å²) in [6, 6.07) is 13.1. The molecule has 0 spiro atoms. The molecule has 6 heteroatoms. The van der Waals surface area contributed by atoms with Crippen molar-refractivity contribution >= 4 is 17.5 Å². The quantitative estimate of drug-likeness (QED) is 0.916. The number of carbonyl (C=O) groups is 1. The topological polar surface area (TPSA) is 71.7 Å². The first kappa shape index (κ1) is 16.8. The number of anilines is 2. The summed E-state index contributed by atoms with van der Waals surface area (Å²) in [7, 11) is 0. The number of piperidine rings is 1. The van der Waals surface area contributed by atoms with E-state index in [0.717, 1.165) is 25.2 Å². The highest BCUT2D eigenvalue weighted by molar-refractivity contribution is 5.99. The molecule has 136 valence electrons. The Morgan fingerprint density at radius 1 is 1.04 bits per heavy atom. The highest BCUT2D eigenvalue weighted by Gasteiger charge is 2.36. The highest BCUT2D eigenvalue weighted by Crippen LogP contribution is 2.37. The van der Waals surface area contributed by atoms with Crippen LogP contribution in [0.25, 0.3) is 0 Å². The van der Waals surface area contributed by atoms with Crippen molar-refractivity contribution in [3.05, 3.63) is 48.0 Å². The second kappa shape index (κ2) is 7.33. The Kier molecular flexibility index (Phi) is 4.75. The van der Waals surface area contributed by atoms with Gasteiger partial charge in [-0.1, -0.05) is 36.8 Å². The highest BCUT2D eigenvalue weighted by atomic mass is 16.5. The lowest BCUT2D eigenvalue weighted by Gasteiger charge is -2.35. The van der Waals surface area contributed by atoms with Crippen molar-refractivity contribution in [2.45, 2.75) is 25.4 Å². The number of hydrogen-bond donors (Lipinski definition) is 1. The standard InChI is InChI=1S/C20H24N4O2/c21-17-10-9-16-19(22-17)24(14-13-23-11-5-2-6-12-23)20(25)18(26-16)15-7-3-1-4-8-15/h1,3-4,7-10,18H,2,5-6,11-14H2,(H2,21,22). The van der Waals surface area contributed by atoms with Gasteiger partial charge in [0.25, 0.3) is 5.91 Å². The van der Waals surface area contributed by atoms with Crippen LogP contribution < -0.4 is 15.4 Å². The maximum atomic E-state index is 13.2. The average molecular weight is 352 g/mol. The fourth-order valence-electron chi connectivity index (χ4n) is 3.64. The van der Waals surface area contributed by atoms with Crippen LogP contribution in [-0.2, 0) is 4.79 Å². The van der Waals surface area contributed by atoms with Gasteiger partial charge >= 0.3 is 0 Å². The number of benzene rings is 1. The van der Waals surface area contributed by atoms with Crippen LogP contribution in [0.4, 0.5) is 11.6 Å². The number of rotatable bonds is 4. The maximum absolute atomic E-state index is 13.2. The van der Waals surface area contributed by atoms with Gasteiger partial charge in [-0.2, -0.15) is 0 Å². The lowest BCUT2D eigenvalue weighted by atomic mass is 10.1. The summed E-state index contributed by atoms with van der Waals surface area (Å²) in [5.41, 5.74) is 6.71. The van der Waals surface area contributed by atoms with E-state index in [1.54, 1.807) is 17.0 Å². The van der Waals surface area contributed by atoms with Gasteiger partial charge < -0.3 is 15.4 Å². The Bertz CT molecular complexity index is 775. The van der Waals surface area contributed by atoms with Crippen LogP contribution in [-0.4, -0.2) is 42.0 Å². The fourth-order valence-corrected chi connectivity index (χ4v) is 3.64. The van der Waals surface area contributed by atoms with Crippen molar-refractivity contribution in [1.29, 1.82) is 0 Å². The Balaban J connectivity index is 1.61. The van der Waals surface area contributed by atoms with Gasteiger partial charge in [0.15, 0.2) is 11.6 Å². The van der Waals surface area contributed by atoms with Crippen LogP contribution in [0.3, 0.4) is 0 Å². The van der Waals surface area contributed by atoms with E-state index in [-0.39, 0.29) is 5.91 Å². The summed E-state index contributed by atoms with van der Waals surface area (Å²) in [5.74, 6) is 1.44. The molecule has 2 N–H and O–H groups in total. The largest absolute Gasteiger partial charge is 0.472 e. The van der Waals surface area contributed by atoms with Gasteiger partial charge in [-0.25, -0.2) is 4.98 Å². The number of ether oxygens (including phenoxy) is 1. The number of carbonyl (C=O) groups excluding carboxylic acids is 1. The van der Waals surface area contributed by atoms with E-state index in [1.165, 1.54) is 19.3 Å². The van der Waals surface area contributed by atoms with Crippen LogP contribution >= 0.6 is 0 Å². The number of aromatic nitrogens is 1. The first-order valence-electron chi connectivity index (χ1n) is 9.24. The van der Waals surface area contributed by atoms with Crippen molar-refractivity contribution in [1.82, 2.24) is 9.88 Å². The zero-order valence-electron chi connectivity index (χ0n) is 14.8. The minimum absolute atomic E-state index is 0.0844. The molecule has 1 aromatic carbocycles. The first-order chi connectivity index (χ1) is 12.7. The summed E-state index contributed by atoms with van der Waals surface area (Å²) >= 11 is 0. The van der Waals surface area contributed by atoms with Crippen molar-refractivity contribution in [2.24, 2.45) is 0 Å². The summed E-state index contributed by atoms with van der Waals surface area (Å²) < 4.78 is 5.98. The monoisotopic (exact) mass is 352 g/mol. The number of nitrogens with zero attached hydrogens (tertiary/aromatic N) is 3. The molecule has 26 heavy (non-hydrogen) atoms. The summed E-state index contributed by atoms with van der Waals surface area (Å²) in [6.07, 6.45) is 3.11. The van der Waals surface area contributed by atoms with Crippen molar-refractivity contribution in [3.63, 3.8) is 0 Å². The SMILES string of the molecule is Nc1ccc2c(n1)N(CCN1CCCCC1)C(=O)C(c1ccccc1)O2. The molecule has 1 fully saturated rings. The third-order valence-corrected chi connectivity index (χ3v) is 5.04. The molecular formula is C20H24N4O2. The molecule has 0 saturated carbocycles. The van der Waals surface area contributed by atoms with E-state index >= 15 is 0 Å². The number of nitrogens with two attached hydrogens (primary N) is 1. The van der Waals surface area contributed by atoms with E-state index in [4.69, 9.17) is 10.5 Å². The number of fused-ring (bicyclic) bond motifs is 1. The molecule has 0 radical (unpaired) electrons. The van der Waals surface area contributed by atoms with Gasteiger partial charge in [0.05, 0.1) is 0 Å². The molecule has 4 rings (SSSR count). The van der Waals surface area contributed by atoms with Crippen LogP contribution in [0, 0.1) is 0 Å². The van der Waals surface area contributed by atoms with Crippen LogP contribution in [0.15, 0.2) is 42.5 Å². The predicted octanol–water partition coefficient (Wildman–Crippen LogP) is 2.62. The summed E-state index contributed by atoms with van der Waals surface area (Å²) in [4.78, 5) is 21.7. The van der Waals surface area contributed by atoms with Crippen LogP contribution in [0.5, 0.6) is 5.75 Å². The van der Waals surface area contributed by atoms with Gasteiger partial charge in [-0.05, 0) is 38.1 Å². The predicted molar refractivity (Wildman–Crippen MR) is 101 cm³/mol. The zero-order valence-corrected chi connectivity index (χ0v) is 14.8. The van der Waals surface area contributed by atoms with Crippen LogP contribution in [0.1, 0.15) is 30.9 Å². The number of likely N-dealkylation sites (tertiary alicyclic amines) is 1. The normalized spacial score (nSPS) is 20.5. The molecule has 1 saturated heterocycles. The smallest absolute Gasteiger partial charge is 0.274 e. The summed E-state index contributed by atoms with van der Waals surface area (Å²) in [6.45, 7) is 3.62. The minimum Gasteiger partial charge on any atom is -0.472 e. The van der Waals surface area contributed by atoms with Gasteiger partial charge in [-0.15, -0.1) is 0 Å². The van der Waals surface area contributed by atoms with Crippen molar-refractivity contribution < 1.29 is 9.53 Å². The average Bonchev–Trinajstić information content (AvgIpc) is 2.68. The van der Waals surface area contributed by atoms with Gasteiger partial charge in [0.2, 0.25) is 6.10 Å². The van der Waals surface area contributed by atoms with E-state index in [9.17, 15) is 4.79 Å². The molecule has 2 aliphatic heterocycles. The van der Waals surface area contributed by atoms with E-state index in [2.05, 4.69) is 9.88 Å². The Morgan fingerprint density at radius 3 is 2.58 bits per heavy atom. The molecule has 0 bridgehead atoms. The molecule has 2 aliphatic rings. The maximum Gasteiger partial charge on any atom is 0.274 e. The van der Waals surface area contributed by atoms with Gasteiger partial charge in [-0.3, -0.25) is 9.69 Å². The number of nitrogen functional groups attached to an aromatic ring is 1. The molecule has 1 atom stereocenters. The molecule has 3 heterocycles. The van der Waals surface area contributed by atoms with Gasteiger partial charge in [0.1, 0.15) is 5.82 Å². The van der Waals surface area contributed by atoms with E-state index in [0.29, 0.717) is 23.9 Å². The first-order valence-corrected chi connectivity index (χ1v) is 9.24. The zero-order chi connectivity index (χ0) is 17.9. The lowest BCUT2D eigenvalue weighted by Crippen LogP contribution is -2.46. The molecule has 2 aromatic rings. The van der Waals surface area contributed by atoms with Crippen LogP contribution in [0.2, 0.25) is 0 Å². The van der Waals surface area contributed by atoms with E-state index < -0.39 is 6.10 Å². The molecule has 1 aromatic heterocycles. The van der Waals surface area contributed by atoms with E-state index in [1.807, 2.05) is 30.3 Å². The van der Waals surface area contributed by atoms with Crippen molar-refractivity contribution in [3.8, 4) is 5.75 Å². The Labute approximate surface area is 153 Å². The van der Waals surface area contributed by atoms with Gasteiger partial charge in [0, 0.05) is 18.7 Å². The molecule has 1 amide bonds. The lowest BCUT2D eigenvalue weighted by molar-refractivity contribution is -0.126. The second-order valence-corrected chi connectivity index (χ2v) is 6.86. The third kappa shape index (κ3) is 3.37. The number of pyridine rings is 1. The molecular weight excluding hydrogens is 328 g/mol. The number of amides is 1. The second-order valence-electron chi connectivity index (χ2n) is 6.86. The molecule has 0 aliphatic carbocycles. The molecule has 1 unspecified atom stereocenters. The molecule has 6 nitrogen and oxygen atoms in total. The third-order valence-electron chi connectivity index (χ3n) is 5.04. The number of hydrogen-bond acceptors (Lipinski definition) is 5. The van der Waals surface area contributed by atoms with Crippen molar-refractivity contribution in [2.75, 3.05) is 36.8 Å². The fraction of sp³-hybridized carbons (Fsp3) is 0.400. The Hall–Kier alpha value is -2.60. The minimum atomic E-state index is -0.643. The Morgan fingerprint density at radius 2 is 1.81 bits per heavy atom. The summed E-state index contributed by atoms with van der Waals surface area (Å²) in [5, 5.41) is 0.